The van der Waals surface area contributed by atoms with Crippen molar-refractivity contribution in [3.05, 3.63) is 29.3 Å². The Morgan fingerprint density at radius 1 is 1.32 bits per heavy atom. The molecule has 0 aliphatic carbocycles. The quantitative estimate of drug-likeness (QED) is 0.908. The third kappa shape index (κ3) is 2.77. The molecular formula is C16H25NO2. The third-order valence-electron chi connectivity index (χ3n) is 4.30. The molecule has 0 spiro atoms. The number of rotatable bonds is 4. The lowest BCUT2D eigenvalue weighted by molar-refractivity contribution is 0.0529. The van der Waals surface area contributed by atoms with E-state index in [1.807, 2.05) is 0 Å². The van der Waals surface area contributed by atoms with Crippen LogP contribution in [0, 0.1) is 0 Å². The summed E-state index contributed by atoms with van der Waals surface area (Å²) in [7, 11) is 1.73. The molecule has 1 aromatic carbocycles. The maximum Gasteiger partial charge on any atom is 0.122 e. The Morgan fingerprint density at radius 3 is 2.53 bits per heavy atom. The van der Waals surface area contributed by atoms with E-state index in [4.69, 9.17) is 15.2 Å². The van der Waals surface area contributed by atoms with Crippen molar-refractivity contribution in [2.75, 3.05) is 26.9 Å². The molecule has 3 heteroatoms. The van der Waals surface area contributed by atoms with E-state index in [0.29, 0.717) is 12.5 Å². The van der Waals surface area contributed by atoms with Gasteiger partial charge in [-0.15, -0.1) is 0 Å². The van der Waals surface area contributed by atoms with E-state index in [1.54, 1.807) is 7.11 Å². The van der Waals surface area contributed by atoms with Crippen molar-refractivity contribution < 1.29 is 9.47 Å². The van der Waals surface area contributed by atoms with Crippen molar-refractivity contribution in [3.63, 3.8) is 0 Å². The van der Waals surface area contributed by atoms with Gasteiger partial charge < -0.3 is 15.2 Å². The fourth-order valence-corrected chi connectivity index (χ4v) is 2.89. The molecule has 1 fully saturated rings. The predicted molar refractivity (Wildman–Crippen MR) is 77.9 cm³/mol. The standard InChI is InChI=1S/C16H25NO2/c1-12(2)14-10-13(4-5-15(14)18-3)16(11-17)6-8-19-9-7-16/h4-5,10,12H,6-9,11,17H2,1-3H3. The van der Waals surface area contributed by atoms with Crippen LogP contribution in [0.5, 0.6) is 5.75 Å². The summed E-state index contributed by atoms with van der Waals surface area (Å²) in [6.07, 6.45) is 2.01. The van der Waals surface area contributed by atoms with Crippen LogP contribution in [-0.4, -0.2) is 26.9 Å². The minimum atomic E-state index is 0.0775. The number of benzene rings is 1. The molecule has 0 bridgehead atoms. The minimum Gasteiger partial charge on any atom is -0.496 e. The SMILES string of the molecule is COc1ccc(C2(CN)CCOCC2)cc1C(C)C. The van der Waals surface area contributed by atoms with Crippen LogP contribution in [0.15, 0.2) is 18.2 Å². The van der Waals surface area contributed by atoms with Crippen molar-refractivity contribution in [2.24, 2.45) is 5.73 Å². The molecule has 0 amide bonds. The molecule has 19 heavy (non-hydrogen) atoms. The molecule has 1 aliphatic rings. The topological polar surface area (TPSA) is 44.5 Å². The molecule has 2 N–H and O–H groups in total. The fraction of sp³-hybridized carbons (Fsp3) is 0.625. The van der Waals surface area contributed by atoms with Crippen molar-refractivity contribution >= 4 is 0 Å². The number of methoxy groups -OCH3 is 1. The van der Waals surface area contributed by atoms with Crippen molar-refractivity contribution in [1.29, 1.82) is 0 Å². The van der Waals surface area contributed by atoms with Gasteiger partial charge in [0.05, 0.1) is 7.11 Å². The summed E-state index contributed by atoms with van der Waals surface area (Å²) in [4.78, 5) is 0. The van der Waals surface area contributed by atoms with Crippen LogP contribution >= 0.6 is 0 Å². The van der Waals surface area contributed by atoms with E-state index in [0.717, 1.165) is 31.8 Å². The van der Waals surface area contributed by atoms with Crippen LogP contribution in [0.25, 0.3) is 0 Å². The van der Waals surface area contributed by atoms with Crippen molar-refractivity contribution in [3.8, 4) is 5.75 Å². The van der Waals surface area contributed by atoms with Gasteiger partial charge in [-0.25, -0.2) is 0 Å². The minimum absolute atomic E-state index is 0.0775. The van der Waals surface area contributed by atoms with E-state index in [-0.39, 0.29) is 5.41 Å². The highest BCUT2D eigenvalue weighted by molar-refractivity contribution is 5.42. The Labute approximate surface area is 116 Å². The Balaban J connectivity index is 2.40. The highest BCUT2D eigenvalue weighted by atomic mass is 16.5. The van der Waals surface area contributed by atoms with Crippen LogP contribution in [0.4, 0.5) is 0 Å². The lowest BCUT2D eigenvalue weighted by Gasteiger charge is -2.37. The number of hydrogen-bond acceptors (Lipinski definition) is 3. The summed E-state index contributed by atoms with van der Waals surface area (Å²) >= 11 is 0. The second-order valence-electron chi connectivity index (χ2n) is 5.71. The maximum atomic E-state index is 6.08. The van der Waals surface area contributed by atoms with E-state index < -0.39 is 0 Å². The van der Waals surface area contributed by atoms with E-state index in [9.17, 15) is 0 Å². The summed E-state index contributed by atoms with van der Waals surface area (Å²) < 4.78 is 11.0. The van der Waals surface area contributed by atoms with Crippen LogP contribution in [0.1, 0.15) is 43.7 Å². The third-order valence-corrected chi connectivity index (χ3v) is 4.30. The van der Waals surface area contributed by atoms with E-state index in [2.05, 4.69) is 32.0 Å². The molecule has 1 aromatic rings. The molecule has 1 aliphatic heterocycles. The Hall–Kier alpha value is -1.06. The van der Waals surface area contributed by atoms with Crippen LogP contribution in [0.2, 0.25) is 0 Å². The van der Waals surface area contributed by atoms with Gasteiger partial charge in [0, 0.05) is 25.2 Å². The second-order valence-corrected chi connectivity index (χ2v) is 5.71. The van der Waals surface area contributed by atoms with E-state index >= 15 is 0 Å². The zero-order valence-electron chi connectivity index (χ0n) is 12.2. The molecule has 0 saturated carbocycles. The normalized spacial score (nSPS) is 18.6. The lowest BCUT2D eigenvalue weighted by atomic mass is 9.73. The molecule has 3 nitrogen and oxygen atoms in total. The summed E-state index contributed by atoms with van der Waals surface area (Å²) in [5.74, 6) is 1.42. The molecule has 0 unspecified atom stereocenters. The Morgan fingerprint density at radius 2 is 2.00 bits per heavy atom. The van der Waals surface area contributed by atoms with Gasteiger partial charge in [-0.1, -0.05) is 26.0 Å². The summed E-state index contributed by atoms with van der Waals surface area (Å²) in [5.41, 5.74) is 8.76. The van der Waals surface area contributed by atoms with Gasteiger partial charge in [0.2, 0.25) is 0 Å². The highest BCUT2D eigenvalue weighted by Crippen LogP contribution is 2.37. The smallest absolute Gasteiger partial charge is 0.122 e. The second kappa shape index (κ2) is 5.93. The first-order chi connectivity index (χ1) is 9.13. The van der Waals surface area contributed by atoms with Crippen molar-refractivity contribution in [1.82, 2.24) is 0 Å². The zero-order chi connectivity index (χ0) is 13.9. The van der Waals surface area contributed by atoms with Gasteiger partial charge in [-0.2, -0.15) is 0 Å². The number of hydrogen-bond donors (Lipinski definition) is 1. The number of ether oxygens (including phenoxy) is 2. The lowest BCUT2D eigenvalue weighted by Crippen LogP contribution is -2.40. The first-order valence-corrected chi connectivity index (χ1v) is 7.09. The van der Waals surface area contributed by atoms with Crippen LogP contribution in [0.3, 0.4) is 0 Å². The Bertz CT molecular complexity index is 423. The molecular weight excluding hydrogens is 238 g/mol. The zero-order valence-corrected chi connectivity index (χ0v) is 12.2. The van der Waals surface area contributed by atoms with Gasteiger partial charge in [0.15, 0.2) is 0 Å². The highest BCUT2D eigenvalue weighted by Gasteiger charge is 2.33. The predicted octanol–water partition coefficient (Wildman–Crippen LogP) is 2.83. The maximum absolute atomic E-state index is 6.08. The largest absolute Gasteiger partial charge is 0.496 e. The van der Waals surface area contributed by atoms with Crippen LogP contribution in [-0.2, 0) is 10.2 Å². The van der Waals surface area contributed by atoms with Gasteiger partial charge in [0.25, 0.3) is 0 Å². The van der Waals surface area contributed by atoms with Gasteiger partial charge in [-0.05, 0) is 36.0 Å². The van der Waals surface area contributed by atoms with Crippen molar-refractivity contribution in [2.45, 2.75) is 38.0 Å². The average molecular weight is 263 g/mol. The van der Waals surface area contributed by atoms with Crippen LogP contribution < -0.4 is 10.5 Å². The summed E-state index contributed by atoms with van der Waals surface area (Å²) in [6, 6.07) is 6.53. The average Bonchev–Trinajstić information content (AvgIpc) is 2.47. The van der Waals surface area contributed by atoms with Gasteiger partial charge in [0.1, 0.15) is 5.75 Å². The molecule has 0 aromatic heterocycles. The fourth-order valence-electron chi connectivity index (χ4n) is 2.89. The molecule has 1 heterocycles. The summed E-state index contributed by atoms with van der Waals surface area (Å²) in [6.45, 7) is 6.68. The number of nitrogens with two attached hydrogens (primary N) is 1. The molecule has 1 saturated heterocycles. The van der Waals surface area contributed by atoms with Gasteiger partial charge >= 0.3 is 0 Å². The Kier molecular flexibility index (Phi) is 4.48. The van der Waals surface area contributed by atoms with Gasteiger partial charge in [-0.3, -0.25) is 0 Å². The molecule has 0 atom stereocenters. The molecule has 106 valence electrons. The van der Waals surface area contributed by atoms with E-state index in [1.165, 1.54) is 11.1 Å². The molecule has 0 radical (unpaired) electrons. The first-order valence-electron chi connectivity index (χ1n) is 7.09. The molecule has 2 rings (SSSR count). The summed E-state index contributed by atoms with van der Waals surface area (Å²) in [5, 5.41) is 0. The first kappa shape index (κ1) is 14.4. The monoisotopic (exact) mass is 263 g/mol.